The zero-order valence-corrected chi connectivity index (χ0v) is 9.85. The first-order valence-corrected chi connectivity index (χ1v) is 5.45. The summed E-state index contributed by atoms with van der Waals surface area (Å²) in [5, 5.41) is 0. The van der Waals surface area contributed by atoms with Crippen molar-refractivity contribution in [1.29, 1.82) is 0 Å². The van der Waals surface area contributed by atoms with Crippen molar-refractivity contribution in [3.05, 3.63) is 12.7 Å². The van der Waals surface area contributed by atoms with Crippen molar-refractivity contribution in [1.82, 2.24) is 0 Å². The van der Waals surface area contributed by atoms with E-state index in [9.17, 15) is 0 Å². The molecule has 0 heteroatoms. The molecule has 0 aromatic heterocycles. The van der Waals surface area contributed by atoms with Gasteiger partial charge in [-0.05, 0) is 35.5 Å². The van der Waals surface area contributed by atoms with Crippen molar-refractivity contribution < 1.29 is 0 Å². The lowest BCUT2D eigenvalue weighted by molar-refractivity contribution is 0.0837. The Balaban J connectivity index is 2.89. The van der Waals surface area contributed by atoms with Crippen LogP contribution in [-0.4, -0.2) is 0 Å². The molecule has 0 aliphatic heterocycles. The quantitative estimate of drug-likeness (QED) is 0.557. The fourth-order valence-corrected chi connectivity index (χ4v) is 2.77. The van der Waals surface area contributed by atoms with Crippen LogP contribution in [0.5, 0.6) is 0 Å². The SMILES string of the molecule is C=CC[C@H]1CC(C)C(C)(C)C1(C)C. The van der Waals surface area contributed by atoms with Crippen LogP contribution in [0.25, 0.3) is 0 Å². The van der Waals surface area contributed by atoms with Crippen LogP contribution in [0.2, 0.25) is 0 Å². The topological polar surface area (TPSA) is 0 Å². The van der Waals surface area contributed by atoms with E-state index < -0.39 is 0 Å². The van der Waals surface area contributed by atoms with Gasteiger partial charge in [0.1, 0.15) is 0 Å². The van der Waals surface area contributed by atoms with E-state index in [0.717, 1.165) is 11.8 Å². The van der Waals surface area contributed by atoms with E-state index in [-0.39, 0.29) is 0 Å². The molecule has 0 radical (unpaired) electrons. The summed E-state index contributed by atoms with van der Waals surface area (Å²) >= 11 is 0. The Morgan fingerprint density at radius 1 is 1.23 bits per heavy atom. The molecule has 13 heavy (non-hydrogen) atoms. The van der Waals surface area contributed by atoms with E-state index in [1.165, 1.54) is 12.8 Å². The second kappa shape index (κ2) is 3.15. The van der Waals surface area contributed by atoms with Gasteiger partial charge in [0.05, 0.1) is 0 Å². The van der Waals surface area contributed by atoms with Crippen LogP contribution in [0.4, 0.5) is 0 Å². The number of hydrogen-bond donors (Lipinski definition) is 0. The van der Waals surface area contributed by atoms with Crippen molar-refractivity contribution in [2.45, 2.75) is 47.5 Å². The second-order valence-electron chi connectivity index (χ2n) is 5.80. The first-order valence-electron chi connectivity index (χ1n) is 5.45. The van der Waals surface area contributed by atoms with Gasteiger partial charge in [-0.1, -0.05) is 40.7 Å². The average molecular weight is 180 g/mol. The zero-order valence-electron chi connectivity index (χ0n) is 9.85. The highest BCUT2D eigenvalue weighted by atomic mass is 14.6. The number of allylic oxidation sites excluding steroid dienone is 1. The van der Waals surface area contributed by atoms with E-state index in [4.69, 9.17) is 0 Å². The molecule has 2 atom stereocenters. The molecule has 0 bridgehead atoms. The third-order valence-electron chi connectivity index (χ3n) is 5.00. The van der Waals surface area contributed by atoms with Gasteiger partial charge >= 0.3 is 0 Å². The van der Waals surface area contributed by atoms with Crippen molar-refractivity contribution in [2.75, 3.05) is 0 Å². The maximum atomic E-state index is 3.86. The highest BCUT2D eigenvalue weighted by molar-refractivity contribution is 5.02. The predicted molar refractivity (Wildman–Crippen MR) is 59.6 cm³/mol. The summed E-state index contributed by atoms with van der Waals surface area (Å²) in [6, 6.07) is 0. The minimum Gasteiger partial charge on any atom is -0.103 e. The van der Waals surface area contributed by atoms with Crippen LogP contribution in [0.3, 0.4) is 0 Å². The Kier molecular flexibility index (Phi) is 2.62. The molecule has 0 spiro atoms. The molecular formula is C13H24. The lowest BCUT2D eigenvalue weighted by Gasteiger charge is -2.41. The summed E-state index contributed by atoms with van der Waals surface area (Å²) in [6.45, 7) is 15.9. The van der Waals surface area contributed by atoms with Gasteiger partial charge in [0.2, 0.25) is 0 Å². The fourth-order valence-electron chi connectivity index (χ4n) is 2.77. The highest BCUT2D eigenvalue weighted by Gasteiger charge is 2.51. The molecule has 1 aliphatic rings. The normalized spacial score (nSPS) is 36.1. The Morgan fingerprint density at radius 3 is 2.08 bits per heavy atom. The molecule has 0 aromatic rings. The monoisotopic (exact) mass is 180 g/mol. The van der Waals surface area contributed by atoms with Crippen molar-refractivity contribution in [3.63, 3.8) is 0 Å². The van der Waals surface area contributed by atoms with Crippen LogP contribution < -0.4 is 0 Å². The molecule has 0 saturated heterocycles. The van der Waals surface area contributed by atoms with E-state index in [2.05, 4.69) is 47.3 Å². The van der Waals surface area contributed by atoms with Crippen LogP contribution in [-0.2, 0) is 0 Å². The molecule has 0 N–H and O–H groups in total. The van der Waals surface area contributed by atoms with Gasteiger partial charge in [0.15, 0.2) is 0 Å². The molecule has 1 unspecified atom stereocenters. The van der Waals surface area contributed by atoms with Gasteiger partial charge in [-0.2, -0.15) is 0 Å². The molecule has 0 aromatic carbocycles. The Hall–Kier alpha value is -0.260. The molecule has 1 saturated carbocycles. The van der Waals surface area contributed by atoms with Gasteiger partial charge in [-0.3, -0.25) is 0 Å². The summed E-state index contributed by atoms with van der Waals surface area (Å²) in [5.74, 6) is 1.67. The Labute approximate surface area is 83.4 Å². The van der Waals surface area contributed by atoms with Gasteiger partial charge in [-0.15, -0.1) is 6.58 Å². The Bertz CT molecular complexity index is 198. The largest absolute Gasteiger partial charge is 0.103 e. The van der Waals surface area contributed by atoms with E-state index in [0.29, 0.717) is 10.8 Å². The third kappa shape index (κ3) is 1.45. The zero-order chi connectivity index (χ0) is 10.3. The van der Waals surface area contributed by atoms with Crippen molar-refractivity contribution in [3.8, 4) is 0 Å². The molecule has 1 rings (SSSR count). The van der Waals surface area contributed by atoms with Crippen LogP contribution in [0, 0.1) is 22.7 Å². The first-order chi connectivity index (χ1) is 5.84. The maximum absolute atomic E-state index is 3.86. The van der Waals surface area contributed by atoms with E-state index in [1.54, 1.807) is 0 Å². The van der Waals surface area contributed by atoms with Gasteiger partial charge in [0.25, 0.3) is 0 Å². The third-order valence-corrected chi connectivity index (χ3v) is 5.00. The molecule has 0 amide bonds. The smallest absolute Gasteiger partial charge is 0.0269 e. The lowest BCUT2D eigenvalue weighted by atomic mass is 9.64. The van der Waals surface area contributed by atoms with Gasteiger partial charge < -0.3 is 0 Å². The summed E-state index contributed by atoms with van der Waals surface area (Å²) in [4.78, 5) is 0. The van der Waals surface area contributed by atoms with Gasteiger partial charge in [-0.25, -0.2) is 0 Å². The maximum Gasteiger partial charge on any atom is -0.0269 e. The van der Waals surface area contributed by atoms with Gasteiger partial charge in [0, 0.05) is 0 Å². The predicted octanol–water partition coefficient (Wildman–Crippen LogP) is 4.27. The molecule has 76 valence electrons. The minimum atomic E-state index is 0.459. The molecule has 0 heterocycles. The first kappa shape index (κ1) is 10.8. The summed E-state index contributed by atoms with van der Waals surface area (Å²) in [6.07, 6.45) is 4.63. The lowest BCUT2D eigenvalue weighted by Crippen LogP contribution is -2.33. The standard InChI is InChI=1S/C13H24/c1-7-8-11-9-10(2)12(3,4)13(11,5)6/h7,10-11H,1,8-9H2,2-6H3/t10?,11-/m0/s1. The van der Waals surface area contributed by atoms with Crippen molar-refractivity contribution >= 4 is 0 Å². The average Bonchev–Trinajstić information content (AvgIpc) is 2.14. The minimum absolute atomic E-state index is 0.459. The summed E-state index contributed by atoms with van der Waals surface area (Å²) < 4.78 is 0. The summed E-state index contributed by atoms with van der Waals surface area (Å²) in [7, 11) is 0. The van der Waals surface area contributed by atoms with Crippen LogP contribution in [0.1, 0.15) is 47.5 Å². The number of hydrogen-bond acceptors (Lipinski definition) is 0. The van der Waals surface area contributed by atoms with E-state index in [1.807, 2.05) is 0 Å². The van der Waals surface area contributed by atoms with Crippen molar-refractivity contribution in [2.24, 2.45) is 22.7 Å². The highest BCUT2D eigenvalue weighted by Crippen LogP contribution is 2.59. The van der Waals surface area contributed by atoms with E-state index >= 15 is 0 Å². The molecule has 0 nitrogen and oxygen atoms in total. The molecule has 1 fully saturated rings. The van der Waals surface area contributed by atoms with Crippen LogP contribution >= 0.6 is 0 Å². The fraction of sp³-hybridized carbons (Fsp3) is 0.846. The van der Waals surface area contributed by atoms with Crippen LogP contribution in [0.15, 0.2) is 12.7 Å². The second-order valence-corrected chi connectivity index (χ2v) is 5.80. The molecule has 1 aliphatic carbocycles. The summed E-state index contributed by atoms with van der Waals surface area (Å²) in [5.41, 5.74) is 0.932. The Morgan fingerprint density at radius 2 is 1.77 bits per heavy atom. The number of rotatable bonds is 2. The molecular weight excluding hydrogens is 156 g/mol.